The molecule has 1 amide bonds. The van der Waals surface area contributed by atoms with Gasteiger partial charge in [0.1, 0.15) is 23.1 Å². The fourth-order valence-electron chi connectivity index (χ4n) is 2.33. The van der Waals surface area contributed by atoms with Gasteiger partial charge in [-0.2, -0.15) is 0 Å². The van der Waals surface area contributed by atoms with Gasteiger partial charge < -0.3 is 10.6 Å². The van der Waals surface area contributed by atoms with Crippen molar-refractivity contribution in [3.05, 3.63) is 83.3 Å². The second kappa shape index (κ2) is 7.69. The molecule has 0 aliphatic heterocycles. The largest absolute Gasteiger partial charge is 0.365 e. The van der Waals surface area contributed by atoms with E-state index in [1.54, 1.807) is 0 Å². The van der Waals surface area contributed by atoms with Gasteiger partial charge in [0.25, 0.3) is 5.91 Å². The molecule has 2 aromatic carbocycles. The second-order valence-corrected chi connectivity index (χ2v) is 5.71. The number of amides is 1. The van der Waals surface area contributed by atoms with Crippen molar-refractivity contribution in [2.45, 2.75) is 13.5 Å². The Morgan fingerprint density at radius 2 is 1.92 bits per heavy atom. The van der Waals surface area contributed by atoms with Crippen LogP contribution in [0.3, 0.4) is 0 Å². The highest BCUT2D eigenvalue weighted by Crippen LogP contribution is 2.16. The third kappa shape index (κ3) is 4.38. The lowest BCUT2D eigenvalue weighted by Crippen LogP contribution is -2.15. The number of anilines is 2. The quantitative estimate of drug-likeness (QED) is 0.729. The number of hydrogen-bond acceptors (Lipinski definition) is 4. The molecule has 3 rings (SSSR count). The van der Waals surface area contributed by atoms with Crippen molar-refractivity contribution in [2.75, 3.05) is 10.6 Å². The molecule has 1 aromatic heterocycles. The van der Waals surface area contributed by atoms with Crippen molar-refractivity contribution in [3.63, 3.8) is 0 Å². The first-order valence-corrected chi connectivity index (χ1v) is 7.89. The number of aromatic nitrogens is 2. The molecule has 3 aromatic rings. The molecule has 1 heterocycles. The summed E-state index contributed by atoms with van der Waals surface area (Å²) in [6.45, 7) is 2.59. The lowest BCUT2D eigenvalue weighted by molar-refractivity contribution is 0.102. The van der Waals surface area contributed by atoms with E-state index in [-0.39, 0.29) is 11.4 Å². The van der Waals surface area contributed by atoms with Crippen molar-refractivity contribution < 1.29 is 13.6 Å². The van der Waals surface area contributed by atoms with Crippen LogP contribution in [0.1, 0.15) is 21.6 Å². The van der Waals surface area contributed by atoms with Crippen molar-refractivity contribution in [1.82, 2.24) is 9.97 Å². The van der Waals surface area contributed by atoms with Gasteiger partial charge >= 0.3 is 0 Å². The molecule has 0 atom stereocenters. The highest BCUT2D eigenvalue weighted by Gasteiger charge is 2.12. The number of nitrogens with zero attached hydrogens (tertiary/aromatic N) is 2. The van der Waals surface area contributed by atoms with Crippen LogP contribution < -0.4 is 10.6 Å². The monoisotopic (exact) mass is 354 g/mol. The third-order valence-corrected chi connectivity index (χ3v) is 3.62. The van der Waals surface area contributed by atoms with E-state index in [0.29, 0.717) is 18.4 Å². The third-order valence-electron chi connectivity index (χ3n) is 3.62. The van der Waals surface area contributed by atoms with E-state index in [0.717, 1.165) is 23.3 Å². The molecule has 0 saturated heterocycles. The molecule has 2 N–H and O–H groups in total. The Hall–Kier alpha value is -3.35. The standard InChI is InChI=1S/C19H16F2N4O/c1-12-3-2-4-13(7-12)9-23-18-11-22-17(10-24-18)19(26)25-16-6-5-14(20)8-15(16)21/h2-8,10-11H,9H2,1H3,(H,23,24)(H,25,26). The molecule has 0 bridgehead atoms. The number of hydrogen-bond donors (Lipinski definition) is 2. The fourth-order valence-corrected chi connectivity index (χ4v) is 2.33. The number of rotatable bonds is 5. The molecule has 7 heteroatoms. The molecular weight excluding hydrogens is 338 g/mol. The van der Waals surface area contributed by atoms with Crippen LogP contribution in [0, 0.1) is 18.6 Å². The van der Waals surface area contributed by atoms with Crippen LogP contribution in [0.4, 0.5) is 20.3 Å². The molecule has 0 fully saturated rings. The topological polar surface area (TPSA) is 66.9 Å². The second-order valence-electron chi connectivity index (χ2n) is 5.71. The van der Waals surface area contributed by atoms with Crippen molar-refractivity contribution in [3.8, 4) is 0 Å². The Morgan fingerprint density at radius 3 is 2.62 bits per heavy atom. The van der Waals surface area contributed by atoms with E-state index in [1.165, 1.54) is 12.4 Å². The van der Waals surface area contributed by atoms with E-state index >= 15 is 0 Å². The summed E-state index contributed by atoms with van der Waals surface area (Å²) < 4.78 is 26.5. The van der Waals surface area contributed by atoms with Crippen LogP contribution in [0.5, 0.6) is 0 Å². The van der Waals surface area contributed by atoms with Crippen LogP contribution >= 0.6 is 0 Å². The normalized spacial score (nSPS) is 10.4. The average Bonchev–Trinajstić information content (AvgIpc) is 2.63. The zero-order valence-electron chi connectivity index (χ0n) is 14.0. The number of carbonyl (C=O) groups is 1. The first kappa shape index (κ1) is 17.5. The number of carbonyl (C=O) groups excluding carboxylic acids is 1. The van der Waals surface area contributed by atoms with Crippen molar-refractivity contribution >= 4 is 17.4 Å². The van der Waals surface area contributed by atoms with Crippen molar-refractivity contribution in [2.24, 2.45) is 0 Å². The molecule has 0 saturated carbocycles. The predicted molar refractivity (Wildman–Crippen MR) is 94.8 cm³/mol. The first-order valence-electron chi connectivity index (χ1n) is 7.89. The number of benzene rings is 2. The maximum absolute atomic E-state index is 13.6. The smallest absolute Gasteiger partial charge is 0.275 e. The van der Waals surface area contributed by atoms with E-state index in [1.807, 2.05) is 25.1 Å². The van der Waals surface area contributed by atoms with E-state index in [9.17, 15) is 13.6 Å². The number of nitrogens with one attached hydrogen (secondary N) is 2. The summed E-state index contributed by atoms with van der Waals surface area (Å²) in [5, 5.41) is 5.45. The predicted octanol–water partition coefficient (Wildman–Crippen LogP) is 3.93. The molecule has 132 valence electrons. The molecule has 0 aliphatic rings. The van der Waals surface area contributed by atoms with Gasteiger partial charge in [-0.1, -0.05) is 29.8 Å². The maximum atomic E-state index is 13.6. The summed E-state index contributed by atoms with van der Waals surface area (Å²) in [4.78, 5) is 20.2. The van der Waals surface area contributed by atoms with Crippen LogP contribution in [0.15, 0.2) is 54.9 Å². The lowest BCUT2D eigenvalue weighted by atomic mass is 10.1. The van der Waals surface area contributed by atoms with Gasteiger partial charge in [-0.05, 0) is 24.6 Å². The molecule has 5 nitrogen and oxygen atoms in total. The highest BCUT2D eigenvalue weighted by molar-refractivity contribution is 6.02. The van der Waals surface area contributed by atoms with Crippen LogP contribution in [-0.2, 0) is 6.54 Å². The SMILES string of the molecule is Cc1cccc(CNc2cnc(C(=O)Nc3ccc(F)cc3F)cn2)c1. The van der Waals surface area contributed by atoms with Gasteiger partial charge in [-0.25, -0.2) is 18.7 Å². The Bertz CT molecular complexity index is 929. The Kier molecular flexibility index (Phi) is 5.17. The zero-order valence-corrected chi connectivity index (χ0v) is 14.0. The number of aryl methyl sites for hydroxylation is 1. The molecule has 0 aliphatic carbocycles. The van der Waals surface area contributed by atoms with Gasteiger partial charge in [0.05, 0.1) is 18.1 Å². The zero-order chi connectivity index (χ0) is 18.5. The van der Waals surface area contributed by atoms with Gasteiger partial charge in [0.15, 0.2) is 0 Å². The summed E-state index contributed by atoms with van der Waals surface area (Å²) in [7, 11) is 0. The minimum atomic E-state index is -0.859. The summed E-state index contributed by atoms with van der Waals surface area (Å²) in [5.74, 6) is -1.70. The molecule has 26 heavy (non-hydrogen) atoms. The summed E-state index contributed by atoms with van der Waals surface area (Å²) in [6, 6.07) is 10.9. The van der Waals surface area contributed by atoms with Gasteiger partial charge in [-0.3, -0.25) is 4.79 Å². The first-order chi connectivity index (χ1) is 12.5. The average molecular weight is 354 g/mol. The summed E-state index contributed by atoms with van der Waals surface area (Å²) >= 11 is 0. The maximum Gasteiger partial charge on any atom is 0.275 e. The van der Waals surface area contributed by atoms with E-state index in [4.69, 9.17) is 0 Å². The molecular formula is C19H16F2N4O. The van der Waals surface area contributed by atoms with Crippen LogP contribution in [0.25, 0.3) is 0 Å². The lowest BCUT2D eigenvalue weighted by Gasteiger charge is -2.08. The molecule has 0 spiro atoms. The summed E-state index contributed by atoms with van der Waals surface area (Å²) in [6.07, 6.45) is 2.71. The minimum Gasteiger partial charge on any atom is -0.365 e. The minimum absolute atomic E-state index is 0.0230. The highest BCUT2D eigenvalue weighted by atomic mass is 19.1. The van der Waals surface area contributed by atoms with E-state index < -0.39 is 17.5 Å². The Morgan fingerprint density at radius 1 is 1.08 bits per heavy atom. The van der Waals surface area contributed by atoms with Gasteiger partial charge in [0.2, 0.25) is 0 Å². The Balaban J connectivity index is 1.62. The van der Waals surface area contributed by atoms with E-state index in [2.05, 4.69) is 26.7 Å². The molecule has 0 radical (unpaired) electrons. The fraction of sp³-hybridized carbons (Fsp3) is 0.105. The Labute approximate surface area is 149 Å². The van der Waals surface area contributed by atoms with Gasteiger partial charge in [-0.15, -0.1) is 0 Å². The summed E-state index contributed by atoms with van der Waals surface area (Å²) in [5.41, 5.74) is 2.16. The van der Waals surface area contributed by atoms with Crippen LogP contribution in [0.2, 0.25) is 0 Å². The number of halogens is 2. The molecule has 0 unspecified atom stereocenters. The van der Waals surface area contributed by atoms with Crippen molar-refractivity contribution in [1.29, 1.82) is 0 Å². The van der Waals surface area contributed by atoms with Crippen LogP contribution in [-0.4, -0.2) is 15.9 Å². The van der Waals surface area contributed by atoms with Gasteiger partial charge in [0, 0.05) is 12.6 Å².